The zero-order valence-electron chi connectivity index (χ0n) is 24.2. The third-order valence-electron chi connectivity index (χ3n) is 7.44. The maximum atomic E-state index is 13.4. The van der Waals surface area contributed by atoms with Crippen molar-refractivity contribution in [3.63, 3.8) is 0 Å². The standard InChI is InChI=1S/C26H35ClF5N5O5S/c1-6-37-21(15-11-33-18(10-16(15)42-23(28)29)35-24(2,3)12-26(30,31)32)19(27)20(36-37)22(39)34-13-25(4)8-7-14(9-17(25)38)43(5,40)41/h10-11,14,17,23,38H,6-9,12-13H2,1-5H3,(H,33,35)(H,34,39)/t14-,17-,25+/m0/s1. The Bertz CT molecular complexity index is 1440. The first-order valence-electron chi connectivity index (χ1n) is 13.4. The van der Waals surface area contributed by atoms with Gasteiger partial charge in [0.15, 0.2) is 5.69 Å². The average molecular weight is 660 g/mol. The van der Waals surface area contributed by atoms with Crippen LogP contribution in [0.1, 0.15) is 63.9 Å². The number of halogens is 6. The molecule has 242 valence electrons. The lowest BCUT2D eigenvalue weighted by molar-refractivity contribution is -0.142. The van der Waals surface area contributed by atoms with Crippen LogP contribution in [-0.2, 0) is 16.4 Å². The molecule has 0 unspecified atom stereocenters. The van der Waals surface area contributed by atoms with Crippen LogP contribution in [0.15, 0.2) is 12.3 Å². The van der Waals surface area contributed by atoms with Gasteiger partial charge in [-0.3, -0.25) is 9.48 Å². The molecule has 1 aliphatic rings. The molecule has 10 nitrogen and oxygen atoms in total. The van der Waals surface area contributed by atoms with E-state index in [1.165, 1.54) is 18.5 Å². The number of aromatic nitrogens is 3. The van der Waals surface area contributed by atoms with E-state index in [0.29, 0.717) is 12.8 Å². The van der Waals surface area contributed by atoms with Crippen molar-refractivity contribution < 1.29 is 45.0 Å². The number of aliphatic hydroxyl groups excluding tert-OH is 1. The molecule has 17 heteroatoms. The van der Waals surface area contributed by atoms with E-state index in [1.807, 2.05) is 0 Å². The van der Waals surface area contributed by atoms with Crippen molar-refractivity contribution >= 4 is 33.2 Å². The minimum atomic E-state index is -4.50. The summed E-state index contributed by atoms with van der Waals surface area (Å²) in [7, 11) is -3.34. The molecule has 0 bridgehead atoms. The summed E-state index contributed by atoms with van der Waals surface area (Å²) >= 11 is 6.55. The van der Waals surface area contributed by atoms with E-state index in [1.54, 1.807) is 13.8 Å². The molecule has 2 aromatic heterocycles. The first-order chi connectivity index (χ1) is 19.7. The number of hydrogen-bond donors (Lipinski definition) is 3. The minimum absolute atomic E-state index is 0.0125. The number of aryl methyl sites for hydroxylation is 1. The van der Waals surface area contributed by atoms with Gasteiger partial charge in [0, 0.05) is 42.6 Å². The number of pyridine rings is 1. The second-order valence-electron chi connectivity index (χ2n) is 11.7. The third kappa shape index (κ3) is 8.69. The summed E-state index contributed by atoms with van der Waals surface area (Å²) in [5.74, 6) is -1.35. The molecule has 3 N–H and O–H groups in total. The van der Waals surface area contributed by atoms with Gasteiger partial charge in [-0.05, 0) is 40.0 Å². The fraction of sp³-hybridized carbons (Fsp3) is 0.654. The number of anilines is 1. The van der Waals surface area contributed by atoms with Crippen molar-refractivity contribution in [1.82, 2.24) is 20.1 Å². The van der Waals surface area contributed by atoms with Crippen molar-refractivity contribution in [3.05, 3.63) is 23.0 Å². The molecule has 1 fully saturated rings. The number of ether oxygens (including phenoxy) is 1. The number of carbonyl (C=O) groups excluding carboxylic acids is 1. The Labute approximate surface area is 251 Å². The highest BCUT2D eigenvalue weighted by Crippen LogP contribution is 2.40. The van der Waals surface area contributed by atoms with Gasteiger partial charge in [0.1, 0.15) is 21.4 Å². The highest BCUT2D eigenvalue weighted by molar-refractivity contribution is 7.91. The van der Waals surface area contributed by atoms with Crippen LogP contribution < -0.4 is 15.4 Å². The minimum Gasteiger partial charge on any atom is -0.434 e. The number of carbonyl (C=O) groups is 1. The molecule has 3 atom stereocenters. The topological polar surface area (TPSA) is 135 Å². The van der Waals surface area contributed by atoms with Crippen molar-refractivity contribution in [2.45, 2.75) is 89.6 Å². The van der Waals surface area contributed by atoms with Crippen LogP contribution in [0.2, 0.25) is 5.02 Å². The lowest BCUT2D eigenvalue weighted by Gasteiger charge is -2.41. The SMILES string of the molecule is CCn1nc(C(=O)NC[C@@]2(C)CC[C@H](S(C)(=O)=O)C[C@@H]2O)c(Cl)c1-c1cnc(NC(C)(C)CC(F)(F)F)cc1OC(F)F. The van der Waals surface area contributed by atoms with Gasteiger partial charge < -0.3 is 20.5 Å². The Hall–Kier alpha value is -2.72. The molecule has 0 aromatic carbocycles. The number of aliphatic hydroxyl groups is 1. The number of nitrogens with one attached hydrogen (secondary N) is 2. The molecule has 2 heterocycles. The summed E-state index contributed by atoms with van der Waals surface area (Å²) in [6.45, 7) is 2.73. The van der Waals surface area contributed by atoms with Gasteiger partial charge in [-0.15, -0.1) is 0 Å². The van der Waals surface area contributed by atoms with E-state index in [4.69, 9.17) is 11.6 Å². The first kappa shape index (κ1) is 34.8. The number of sulfone groups is 1. The first-order valence-corrected chi connectivity index (χ1v) is 15.7. The Morgan fingerprint density at radius 2 is 1.98 bits per heavy atom. The summed E-state index contributed by atoms with van der Waals surface area (Å²) in [6.07, 6.45) is -3.86. The molecule has 0 saturated heterocycles. The number of amides is 1. The van der Waals surface area contributed by atoms with Crippen molar-refractivity contribution in [1.29, 1.82) is 0 Å². The van der Waals surface area contributed by atoms with Crippen LogP contribution in [0.25, 0.3) is 11.3 Å². The third-order valence-corrected chi connectivity index (χ3v) is 9.44. The molecule has 1 aliphatic carbocycles. The Morgan fingerprint density at radius 3 is 2.51 bits per heavy atom. The Balaban J connectivity index is 1.89. The zero-order chi connectivity index (χ0) is 32.5. The predicted octanol–water partition coefficient (Wildman–Crippen LogP) is 5.06. The monoisotopic (exact) mass is 659 g/mol. The van der Waals surface area contributed by atoms with Gasteiger partial charge >= 0.3 is 12.8 Å². The number of hydrogen-bond acceptors (Lipinski definition) is 8. The Kier molecular flexibility index (Phi) is 10.3. The van der Waals surface area contributed by atoms with Crippen LogP contribution in [0, 0.1) is 5.41 Å². The summed E-state index contributed by atoms with van der Waals surface area (Å²) in [4.78, 5) is 17.2. The van der Waals surface area contributed by atoms with Gasteiger partial charge in [-0.25, -0.2) is 13.4 Å². The van der Waals surface area contributed by atoms with Crippen molar-refractivity contribution in [2.24, 2.45) is 5.41 Å². The molecular weight excluding hydrogens is 625 g/mol. The summed E-state index contributed by atoms with van der Waals surface area (Å²) in [5, 5.41) is 19.2. The maximum absolute atomic E-state index is 13.4. The fourth-order valence-corrected chi connectivity index (χ4v) is 6.51. The van der Waals surface area contributed by atoms with E-state index in [9.17, 15) is 40.3 Å². The maximum Gasteiger partial charge on any atom is 0.391 e. The molecule has 0 spiro atoms. The molecule has 43 heavy (non-hydrogen) atoms. The second kappa shape index (κ2) is 12.7. The largest absolute Gasteiger partial charge is 0.434 e. The number of rotatable bonds is 11. The van der Waals surface area contributed by atoms with Gasteiger partial charge in [0.2, 0.25) is 0 Å². The smallest absolute Gasteiger partial charge is 0.391 e. The van der Waals surface area contributed by atoms with Crippen molar-refractivity contribution in [2.75, 3.05) is 18.1 Å². The van der Waals surface area contributed by atoms with Crippen LogP contribution in [-0.4, -0.2) is 76.7 Å². The second-order valence-corrected chi connectivity index (χ2v) is 14.4. The molecule has 0 radical (unpaired) electrons. The number of alkyl halides is 5. The average Bonchev–Trinajstić information content (AvgIpc) is 3.18. The molecule has 0 aliphatic heterocycles. The van der Waals surface area contributed by atoms with Gasteiger partial charge in [-0.2, -0.15) is 27.1 Å². The van der Waals surface area contributed by atoms with Gasteiger partial charge in [0.05, 0.1) is 34.1 Å². The zero-order valence-corrected chi connectivity index (χ0v) is 25.8. The van der Waals surface area contributed by atoms with Crippen LogP contribution in [0.4, 0.5) is 27.8 Å². The molecule has 1 amide bonds. The lowest BCUT2D eigenvalue weighted by atomic mass is 9.73. The predicted molar refractivity (Wildman–Crippen MR) is 150 cm³/mol. The van der Waals surface area contributed by atoms with Gasteiger partial charge in [0.25, 0.3) is 5.91 Å². The fourth-order valence-electron chi connectivity index (χ4n) is 5.11. The highest BCUT2D eigenvalue weighted by atomic mass is 35.5. The number of nitrogens with zero attached hydrogens (tertiary/aromatic N) is 3. The summed E-state index contributed by atoms with van der Waals surface area (Å²) < 4.78 is 95.4. The molecule has 3 rings (SSSR count). The van der Waals surface area contributed by atoms with Gasteiger partial charge in [-0.1, -0.05) is 18.5 Å². The van der Waals surface area contributed by atoms with E-state index < -0.39 is 63.0 Å². The van der Waals surface area contributed by atoms with Crippen LogP contribution in [0.3, 0.4) is 0 Å². The molecular formula is C26H35ClF5N5O5S. The molecule has 1 saturated carbocycles. The molecule has 2 aromatic rings. The Morgan fingerprint density at radius 1 is 1.33 bits per heavy atom. The highest BCUT2D eigenvalue weighted by Gasteiger charge is 2.42. The summed E-state index contributed by atoms with van der Waals surface area (Å²) in [6, 6.07) is 1.01. The quantitative estimate of drug-likeness (QED) is 0.285. The van der Waals surface area contributed by atoms with Crippen molar-refractivity contribution in [3.8, 4) is 17.0 Å². The lowest BCUT2D eigenvalue weighted by Crippen LogP contribution is -2.49. The van der Waals surface area contributed by atoms with E-state index >= 15 is 0 Å². The summed E-state index contributed by atoms with van der Waals surface area (Å²) in [5.41, 5.74) is -2.68. The van der Waals surface area contributed by atoms with Crippen LogP contribution in [0.5, 0.6) is 5.75 Å². The van der Waals surface area contributed by atoms with E-state index in [0.717, 1.165) is 18.5 Å². The van der Waals surface area contributed by atoms with E-state index in [2.05, 4.69) is 25.5 Å². The normalized spacial score (nSPS) is 21.6. The van der Waals surface area contributed by atoms with E-state index in [-0.39, 0.29) is 47.3 Å². The van der Waals surface area contributed by atoms with Crippen LogP contribution >= 0.6 is 11.6 Å².